The van der Waals surface area contributed by atoms with Crippen molar-refractivity contribution in [1.29, 1.82) is 0 Å². The molecule has 15 heavy (non-hydrogen) atoms. The maximum absolute atomic E-state index is 11.9. The van der Waals surface area contributed by atoms with Gasteiger partial charge in [0.1, 0.15) is 5.69 Å². The van der Waals surface area contributed by atoms with Gasteiger partial charge in [-0.3, -0.25) is 19.8 Å². The Hall–Kier alpha value is -1.52. The molecule has 0 atom stereocenters. The Labute approximate surface area is 87.5 Å². The number of hydrogen-bond donors (Lipinski definition) is 2. The van der Waals surface area contributed by atoms with Gasteiger partial charge in [-0.1, -0.05) is 12.8 Å². The lowest BCUT2D eigenvalue weighted by Gasteiger charge is -2.18. The molecule has 2 heterocycles. The molecular formula is C10H15N3O2. The minimum absolute atomic E-state index is 0.0738. The summed E-state index contributed by atoms with van der Waals surface area (Å²) in [6.07, 6.45) is 4.49. The molecule has 5 nitrogen and oxygen atoms in total. The fourth-order valence-corrected chi connectivity index (χ4v) is 1.89. The number of amides is 1. The van der Waals surface area contributed by atoms with Crippen LogP contribution in [0.25, 0.3) is 0 Å². The van der Waals surface area contributed by atoms with E-state index in [-0.39, 0.29) is 11.5 Å². The fraction of sp³-hybridized carbons (Fsp3) is 0.600. The third-order valence-electron chi connectivity index (χ3n) is 2.72. The molecule has 1 aromatic rings. The number of H-pyrrole nitrogens is 2. The molecule has 5 heteroatoms. The normalized spacial score (nSPS) is 17.5. The fourth-order valence-electron chi connectivity index (χ4n) is 1.89. The van der Waals surface area contributed by atoms with Crippen LogP contribution in [-0.4, -0.2) is 34.1 Å². The van der Waals surface area contributed by atoms with Crippen molar-refractivity contribution >= 4 is 5.91 Å². The first-order chi connectivity index (χ1) is 7.27. The van der Waals surface area contributed by atoms with Crippen LogP contribution >= 0.6 is 0 Å². The summed E-state index contributed by atoms with van der Waals surface area (Å²) in [5, 5.41) is 4.97. The molecule has 0 saturated carbocycles. The zero-order valence-corrected chi connectivity index (χ0v) is 8.58. The molecule has 2 rings (SSSR count). The Morgan fingerprint density at radius 2 is 1.80 bits per heavy atom. The molecule has 1 aliphatic rings. The van der Waals surface area contributed by atoms with Crippen molar-refractivity contribution in [3.63, 3.8) is 0 Å². The molecule has 0 unspecified atom stereocenters. The standard InChI is InChI=1S/C10H15N3O2/c14-9-7-8(11-12-9)10(15)13-5-3-1-2-4-6-13/h7H,1-6H2,(H2,11,12,14). The lowest BCUT2D eigenvalue weighted by Crippen LogP contribution is -2.32. The molecule has 1 aliphatic heterocycles. The van der Waals surface area contributed by atoms with Gasteiger partial charge in [-0.2, -0.15) is 0 Å². The molecule has 0 aromatic carbocycles. The van der Waals surface area contributed by atoms with Crippen molar-refractivity contribution in [2.45, 2.75) is 25.7 Å². The third kappa shape index (κ3) is 2.29. The van der Waals surface area contributed by atoms with Crippen LogP contribution in [0.15, 0.2) is 10.9 Å². The first-order valence-corrected chi connectivity index (χ1v) is 5.34. The van der Waals surface area contributed by atoms with E-state index in [1.807, 2.05) is 4.90 Å². The van der Waals surface area contributed by atoms with E-state index in [0.717, 1.165) is 25.9 Å². The maximum atomic E-state index is 11.9. The maximum Gasteiger partial charge on any atom is 0.271 e. The summed E-state index contributed by atoms with van der Waals surface area (Å²) in [6, 6.07) is 1.31. The van der Waals surface area contributed by atoms with Crippen LogP contribution in [-0.2, 0) is 0 Å². The van der Waals surface area contributed by atoms with E-state index in [1.165, 1.54) is 18.9 Å². The van der Waals surface area contributed by atoms with Gasteiger partial charge in [0.15, 0.2) is 0 Å². The second-order valence-electron chi connectivity index (χ2n) is 3.88. The number of nitrogens with zero attached hydrogens (tertiary/aromatic N) is 1. The molecule has 1 saturated heterocycles. The van der Waals surface area contributed by atoms with Gasteiger partial charge in [-0.05, 0) is 12.8 Å². The Kier molecular flexibility index (Phi) is 2.89. The highest BCUT2D eigenvalue weighted by atomic mass is 16.2. The second-order valence-corrected chi connectivity index (χ2v) is 3.88. The average Bonchev–Trinajstić information content (AvgIpc) is 2.53. The lowest BCUT2D eigenvalue weighted by molar-refractivity contribution is 0.0755. The van der Waals surface area contributed by atoms with Gasteiger partial charge in [0.05, 0.1) is 0 Å². The summed E-state index contributed by atoms with van der Waals surface area (Å²) in [5.41, 5.74) is 0.107. The summed E-state index contributed by atoms with van der Waals surface area (Å²) in [7, 11) is 0. The van der Waals surface area contributed by atoms with E-state index >= 15 is 0 Å². The van der Waals surface area contributed by atoms with Crippen molar-refractivity contribution in [3.8, 4) is 0 Å². The van der Waals surface area contributed by atoms with Gasteiger partial charge in [-0.15, -0.1) is 0 Å². The van der Waals surface area contributed by atoms with Gasteiger partial charge in [0.2, 0.25) is 0 Å². The molecule has 0 aliphatic carbocycles. The van der Waals surface area contributed by atoms with E-state index in [2.05, 4.69) is 10.2 Å². The predicted molar refractivity (Wildman–Crippen MR) is 55.8 cm³/mol. The minimum Gasteiger partial charge on any atom is -0.337 e. The van der Waals surface area contributed by atoms with E-state index in [9.17, 15) is 9.59 Å². The molecule has 1 fully saturated rings. The smallest absolute Gasteiger partial charge is 0.271 e. The highest BCUT2D eigenvalue weighted by molar-refractivity contribution is 5.92. The number of nitrogens with one attached hydrogen (secondary N) is 2. The second kappa shape index (κ2) is 4.33. The predicted octanol–water partition coefficient (Wildman–Crippen LogP) is 0.719. The lowest BCUT2D eigenvalue weighted by atomic mass is 10.2. The molecule has 1 aromatic heterocycles. The van der Waals surface area contributed by atoms with Crippen molar-refractivity contribution in [2.75, 3.05) is 13.1 Å². The third-order valence-corrected chi connectivity index (χ3v) is 2.72. The number of aromatic amines is 2. The largest absolute Gasteiger partial charge is 0.337 e. The average molecular weight is 209 g/mol. The highest BCUT2D eigenvalue weighted by Crippen LogP contribution is 2.11. The Morgan fingerprint density at radius 3 is 2.33 bits per heavy atom. The minimum atomic E-state index is -0.256. The Balaban J connectivity index is 2.09. The highest BCUT2D eigenvalue weighted by Gasteiger charge is 2.18. The van der Waals surface area contributed by atoms with Crippen LogP contribution in [0.5, 0.6) is 0 Å². The SMILES string of the molecule is O=C(c1cc(=O)[nH][nH]1)N1CCCCCC1. The number of carbonyl (C=O) groups is 1. The monoisotopic (exact) mass is 209 g/mol. The van der Waals surface area contributed by atoms with E-state index < -0.39 is 0 Å². The number of hydrogen-bond acceptors (Lipinski definition) is 2. The molecular weight excluding hydrogens is 194 g/mol. The zero-order chi connectivity index (χ0) is 10.7. The topological polar surface area (TPSA) is 69.0 Å². The number of rotatable bonds is 1. The van der Waals surface area contributed by atoms with E-state index in [0.29, 0.717) is 5.69 Å². The summed E-state index contributed by atoms with van der Waals surface area (Å²) in [5.74, 6) is -0.0738. The summed E-state index contributed by atoms with van der Waals surface area (Å²) < 4.78 is 0. The quantitative estimate of drug-likeness (QED) is 0.715. The van der Waals surface area contributed by atoms with Crippen molar-refractivity contribution in [1.82, 2.24) is 15.1 Å². The first-order valence-electron chi connectivity index (χ1n) is 5.34. The van der Waals surface area contributed by atoms with Crippen LogP contribution in [0.4, 0.5) is 0 Å². The van der Waals surface area contributed by atoms with Gasteiger partial charge in [0.25, 0.3) is 11.5 Å². The van der Waals surface area contributed by atoms with Crippen LogP contribution in [0.1, 0.15) is 36.2 Å². The summed E-state index contributed by atoms with van der Waals surface area (Å²) >= 11 is 0. The van der Waals surface area contributed by atoms with Crippen LogP contribution in [0.3, 0.4) is 0 Å². The molecule has 0 radical (unpaired) electrons. The number of likely N-dealkylation sites (tertiary alicyclic amines) is 1. The van der Waals surface area contributed by atoms with Gasteiger partial charge in [-0.25, -0.2) is 0 Å². The van der Waals surface area contributed by atoms with Gasteiger partial charge in [0, 0.05) is 19.2 Å². The van der Waals surface area contributed by atoms with Gasteiger partial charge >= 0.3 is 0 Å². The van der Waals surface area contributed by atoms with Crippen molar-refractivity contribution in [3.05, 3.63) is 22.1 Å². The number of aromatic nitrogens is 2. The molecule has 2 N–H and O–H groups in total. The first kappa shape index (κ1) is 10.0. The molecule has 1 amide bonds. The van der Waals surface area contributed by atoms with E-state index in [4.69, 9.17) is 0 Å². The Bertz CT molecular complexity index is 385. The molecule has 0 bridgehead atoms. The van der Waals surface area contributed by atoms with Gasteiger partial charge < -0.3 is 4.90 Å². The molecule has 0 spiro atoms. The van der Waals surface area contributed by atoms with Crippen molar-refractivity contribution < 1.29 is 4.79 Å². The molecule has 82 valence electrons. The van der Waals surface area contributed by atoms with Crippen LogP contribution < -0.4 is 5.56 Å². The number of carbonyl (C=O) groups excluding carboxylic acids is 1. The summed E-state index contributed by atoms with van der Waals surface area (Å²) in [6.45, 7) is 1.60. The van der Waals surface area contributed by atoms with E-state index in [1.54, 1.807) is 0 Å². The zero-order valence-electron chi connectivity index (χ0n) is 8.58. The van der Waals surface area contributed by atoms with Crippen LogP contribution in [0, 0.1) is 0 Å². The Morgan fingerprint density at radius 1 is 1.13 bits per heavy atom. The van der Waals surface area contributed by atoms with Crippen LogP contribution in [0.2, 0.25) is 0 Å². The summed E-state index contributed by atoms with van der Waals surface area (Å²) in [4.78, 5) is 24.6. The van der Waals surface area contributed by atoms with Crippen molar-refractivity contribution in [2.24, 2.45) is 0 Å².